The number of carbonyl (C=O) groups excluding carboxylic acids is 3. The van der Waals surface area contributed by atoms with E-state index in [9.17, 15) is 19.5 Å². The number of ether oxygens (including phenoxy) is 1. The van der Waals surface area contributed by atoms with Crippen molar-refractivity contribution >= 4 is 39.2 Å². The molecule has 5 rings (SSSR count). The molecule has 2 aliphatic rings. The van der Waals surface area contributed by atoms with Gasteiger partial charge in [-0.1, -0.05) is 48.5 Å². The van der Waals surface area contributed by atoms with Crippen LogP contribution in [0.4, 0.5) is 0 Å². The summed E-state index contributed by atoms with van der Waals surface area (Å²) in [5.41, 5.74) is 0.0101. The Labute approximate surface area is 207 Å². The average molecular weight is 493 g/mol. The number of rotatable bonds is 5. The van der Waals surface area contributed by atoms with Gasteiger partial charge in [-0.3, -0.25) is 14.4 Å². The zero-order chi connectivity index (χ0) is 24.6. The molecule has 0 unspecified atom stereocenters. The van der Waals surface area contributed by atoms with Crippen molar-refractivity contribution in [1.82, 2.24) is 9.80 Å². The van der Waals surface area contributed by atoms with Crippen LogP contribution in [-0.2, 0) is 20.9 Å². The van der Waals surface area contributed by atoms with E-state index < -0.39 is 29.4 Å². The summed E-state index contributed by atoms with van der Waals surface area (Å²) in [6.07, 6.45) is -0.673. The first-order valence-corrected chi connectivity index (χ1v) is 12.7. The molecular formula is C27H28N2O5S. The monoisotopic (exact) mass is 492 g/mol. The van der Waals surface area contributed by atoms with Gasteiger partial charge in [0.1, 0.15) is 12.0 Å². The van der Waals surface area contributed by atoms with Gasteiger partial charge >= 0.3 is 5.97 Å². The second-order valence-electron chi connectivity index (χ2n) is 9.13. The van der Waals surface area contributed by atoms with E-state index in [4.69, 9.17) is 4.74 Å². The third-order valence-electron chi connectivity index (χ3n) is 7.23. The van der Waals surface area contributed by atoms with Crippen molar-refractivity contribution in [3.8, 4) is 0 Å². The topological polar surface area (TPSA) is 87.2 Å². The number of hydrogen-bond acceptors (Lipinski definition) is 6. The maximum absolute atomic E-state index is 13.3. The Morgan fingerprint density at radius 3 is 2.46 bits per heavy atom. The summed E-state index contributed by atoms with van der Waals surface area (Å²) in [5.74, 6) is -2.06. The Morgan fingerprint density at radius 1 is 1.09 bits per heavy atom. The highest BCUT2D eigenvalue weighted by atomic mass is 32.1. The van der Waals surface area contributed by atoms with Crippen LogP contribution in [0.3, 0.4) is 0 Å². The maximum Gasteiger partial charge on any atom is 0.314 e. The van der Waals surface area contributed by atoms with Crippen molar-refractivity contribution in [2.24, 2.45) is 5.92 Å². The third-order valence-corrected chi connectivity index (χ3v) is 8.33. The number of nitrogens with zero attached hydrogens (tertiary/aromatic N) is 2. The number of fused-ring (bicyclic) bond motifs is 1. The van der Waals surface area contributed by atoms with Crippen LogP contribution >= 0.6 is 11.3 Å². The van der Waals surface area contributed by atoms with Crippen molar-refractivity contribution in [1.29, 1.82) is 0 Å². The van der Waals surface area contributed by atoms with Gasteiger partial charge in [-0.2, -0.15) is 0 Å². The second-order valence-corrected chi connectivity index (χ2v) is 10.2. The van der Waals surface area contributed by atoms with Gasteiger partial charge in [-0.05, 0) is 42.8 Å². The first-order chi connectivity index (χ1) is 16.9. The fourth-order valence-corrected chi connectivity index (χ4v) is 6.52. The Bertz CT molecular complexity index is 1220. The van der Waals surface area contributed by atoms with Crippen molar-refractivity contribution in [2.45, 2.75) is 38.0 Å². The molecule has 0 bridgehead atoms. The minimum Gasteiger partial charge on any atom is -0.466 e. The number of benzene rings is 2. The first kappa shape index (κ1) is 23.5. The summed E-state index contributed by atoms with van der Waals surface area (Å²) >= 11 is 1.47. The Hall–Kier alpha value is -3.23. The van der Waals surface area contributed by atoms with Gasteiger partial charge in [0, 0.05) is 24.3 Å². The average Bonchev–Trinajstić information content (AvgIpc) is 3.39. The molecule has 2 atom stereocenters. The largest absolute Gasteiger partial charge is 0.466 e. The molecule has 0 saturated carbocycles. The normalized spacial score (nSPS) is 21.6. The number of esters is 1. The molecule has 3 aromatic rings. The number of aliphatic hydroxyl groups is 1. The van der Waals surface area contributed by atoms with Gasteiger partial charge in [-0.15, -0.1) is 11.3 Å². The molecule has 7 nitrogen and oxygen atoms in total. The van der Waals surface area contributed by atoms with E-state index in [-0.39, 0.29) is 19.1 Å². The molecule has 1 aromatic heterocycles. The predicted molar refractivity (Wildman–Crippen MR) is 133 cm³/mol. The van der Waals surface area contributed by atoms with Crippen LogP contribution < -0.4 is 0 Å². The van der Waals surface area contributed by atoms with Crippen LogP contribution in [0, 0.1) is 5.92 Å². The van der Waals surface area contributed by atoms with Crippen LogP contribution in [0.2, 0.25) is 0 Å². The lowest BCUT2D eigenvalue weighted by molar-refractivity contribution is -0.156. The molecule has 182 valence electrons. The van der Waals surface area contributed by atoms with Crippen molar-refractivity contribution in [3.05, 3.63) is 71.1 Å². The SMILES string of the molecule is CCOC(=O)[C@H]1[C@@H](O)C(=O)N(Cc2ccccc2)C12CCN(C(=O)c1cc3ccccc3s1)CC2. The number of piperidine rings is 1. The summed E-state index contributed by atoms with van der Waals surface area (Å²) in [4.78, 5) is 43.6. The molecule has 0 radical (unpaired) electrons. The molecule has 2 aliphatic heterocycles. The van der Waals surface area contributed by atoms with Crippen molar-refractivity contribution < 1.29 is 24.2 Å². The quantitative estimate of drug-likeness (QED) is 0.552. The van der Waals surface area contributed by atoms with Crippen LogP contribution in [0.15, 0.2) is 60.7 Å². The highest BCUT2D eigenvalue weighted by Crippen LogP contribution is 2.45. The highest BCUT2D eigenvalue weighted by Gasteiger charge is 2.62. The summed E-state index contributed by atoms with van der Waals surface area (Å²) < 4.78 is 6.35. The summed E-state index contributed by atoms with van der Waals surface area (Å²) in [7, 11) is 0. The van der Waals surface area contributed by atoms with Gasteiger partial charge in [0.25, 0.3) is 11.8 Å². The zero-order valence-corrected chi connectivity index (χ0v) is 20.4. The fraction of sp³-hybridized carbons (Fsp3) is 0.370. The van der Waals surface area contributed by atoms with Crippen LogP contribution in [0.5, 0.6) is 0 Å². The van der Waals surface area contributed by atoms with E-state index >= 15 is 0 Å². The second kappa shape index (κ2) is 9.43. The Kier molecular flexibility index (Phi) is 6.34. The lowest BCUT2D eigenvalue weighted by atomic mass is 9.75. The van der Waals surface area contributed by atoms with E-state index in [0.29, 0.717) is 30.8 Å². The molecule has 0 aliphatic carbocycles. The van der Waals surface area contributed by atoms with E-state index in [1.165, 1.54) is 11.3 Å². The number of hydrogen-bond donors (Lipinski definition) is 1. The van der Waals surface area contributed by atoms with Crippen molar-refractivity contribution in [3.63, 3.8) is 0 Å². The molecule has 2 saturated heterocycles. The molecule has 2 amide bonds. The number of likely N-dealkylation sites (tertiary alicyclic amines) is 2. The third kappa shape index (κ3) is 4.10. The van der Waals surface area contributed by atoms with Gasteiger partial charge in [0.05, 0.1) is 17.0 Å². The number of amides is 2. The number of carbonyl (C=O) groups is 3. The van der Waals surface area contributed by atoms with E-state index in [1.807, 2.05) is 60.7 Å². The van der Waals surface area contributed by atoms with Gasteiger partial charge in [-0.25, -0.2) is 0 Å². The predicted octanol–water partition coefficient (Wildman–Crippen LogP) is 3.46. The molecule has 2 fully saturated rings. The molecule has 1 spiro atoms. The van der Waals surface area contributed by atoms with Gasteiger partial charge in [0.2, 0.25) is 0 Å². The lowest BCUT2D eigenvalue weighted by Crippen LogP contribution is -2.58. The minimum absolute atomic E-state index is 0.0479. The van der Waals surface area contributed by atoms with Crippen LogP contribution in [-0.4, -0.2) is 64.0 Å². The molecule has 35 heavy (non-hydrogen) atoms. The van der Waals surface area contributed by atoms with E-state index in [1.54, 1.807) is 16.7 Å². The molecule has 1 N–H and O–H groups in total. The highest BCUT2D eigenvalue weighted by molar-refractivity contribution is 7.20. The van der Waals surface area contributed by atoms with Gasteiger partial charge in [0.15, 0.2) is 0 Å². The van der Waals surface area contributed by atoms with E-state index in [0.717, 1.165) is 15.6 Å². The zero-order valence-electron chi connectivity index (χ0n) is 19.6. The van der Waals surface area contributed by atoms with Gasteiger partial charge < -0.3 is 19.6 Å². The maximum atomic E-state index is 13.3. The smallest absolute Gasteiger partial charge is 0.314 e. The number of thiophene rings is 1. The van der Waals surface area contributed by atoms with Crippen molar-refractivity contribution in [2.75, 3.05) is 19.7 Å². The summed E-state index contributed by atoms with van der Waals surface area (Å²) in [6.45, 7) is 2.93. The van der Waals surface area contributed by atoms with E-state index in [2.05, 4.69) is 0 Å². The molecule has 2 aromatic carbocycles. The first-order valence-electron chi connectivity index (χ1n) is 11.9. The summed E-state index contributed by atoms with van der Waals surface area (Å²) in [5, 5.41) is 11.9. The standard InChI is InChI=1S/C27H28N2O5S/c1-2-34-26(33)22-23(30)25(32)29(17-18-8-4-3-5-9-18)27(22)12-14-28(15-13-27)24(31)21-16-19-10-6-7-11-20(19)35-21/h3-11,16,22-23,30H,2,12-15,17H2,1H3/t22-,23-/m1/s1. The van der Waals surface area contributed by atoms with Crippen LogP contribution in [0.1, 0.15) is 35.0 Å². The molecular weight excluding hydrogens is 464 g/mol. The molecule has 8 heteroatoms. The fourth-order valence-electron chi connectivity index (χ4n) is 5.49. The Morgan fingerprint density at radius 2 is 1.77 bits per heavy atom. The Balaban J connectivity index is 1.42. The summed E-state index contributed by atoms with van der Waals surface area (Å²) in [6, 6.07) is 19.4. The lowest BCUT2D eigenvalue weighted by Gasteiger charge is -2.47. The number of aliphatic hydroxyl groups excluding tert-OH is 1. The minimum atomic E-state index is -1.46. The van der Waals surface area contributed by atoms with Crippen LogP contribution in [0.25, 0.3) is 10.1 Å². The molecule has 3 heterocycles.